The summed E-state index contributed by atoms with van der Waals surface area (Å²) in [6.45, 7) is 9.48. The van der Waals surface area contributed by atoms with Crippen LogP contribution in [0.25, 0.3) is 0 Å². The van der Waals surface area contributed by atoms with Crippen molar-refractivity contribution >= 4 is 17.3 Å². The minimum absolute atomic E-state index is 0.0659. The van der Waals surface area contributed by atoms with E-state index in [1.165, 1.54) is 5.56 Å². The number of hydrogen-bond acceptors (Lipinski definition) is 3. The first-order valence-corrected chi connectivity index (χ1v) is 9.34. The van der Waals surface area contributed by atoms with Crippen LogP contribution >= 0.6 is 0 Å². The second-order valence-electron chi connectivity index (χ2n) is 6.92. The van der Waals surface area contributed by atoms with E-state index < -0.39 is 0 Å². The predicted octanol–water partition coefficient (Wildman–Crippen LogP) is 5.03. The van der Waals surface area contributed by atoms with E-state index in [1.807, 2.05) is 30.3 Å². The van der Waals surface area contributed by atoms with Crippen LogP contribution < -0.4 is 15.4 Å². The highest BCUT2D eigenvalue weighted by Crippen LogP contribution is 2.21. The first-order valence-electron chi connectivity index (χ1n) is 9.34. The molecule has 0 bridgehead atoms. The zero-order valence-corrected chi connectivity index (χ0v) is 16.3. The van der Waals surface area contributed by atoms with Gasteiger partial charge in [-0.2, -0.15) is 0 Å². The van der Waals surface area contributed by atoms with Crippen LogP contribution in [0.1, 0.15) is 38.3 Å². The summed E-state index contributed by atoms with van der Waals surface area (Å²) in [5.74, 6) is 1.39. The van der Waals surface area contributed by atoms with Gasteiger partial charge >= 0.3 is 0 Å². The normalized spacial score (nSPS) is 10.7. The van der Waals surface area contributed by atoms with Crippen molar-refractivity contribution in [1.29, 1.82) is 0 Å². The third kappa shape index (κ3) is 6.10. The first-order chi connectivity index (χ1) is 12.5. The van der Waals surface area contributed by atoms with E-state index in [-0.39, 0.29) is 12.5 Å². The number of amides is 1. The lowest BCUT2D eigenvalue weighted by molar-refractivity contribution is -0.114. The third-order valence-electron chi connectivity index (χ3n) is 4.27. The van der Waals surface area contributed by atoms with Gasteiger partial charge in [0.05, 0.1) is 13.2 Å². The van der Waals surface area contributed by atoms with E-state index in [4.69, 9.17) is 4.74 Å². The number of nitrogens with one attached hydrogen (secondary N) is 2. The third-order valence-corrected chi connectivity index (χ3v) is 4.27. The van der Waals surface area contributed by atoms with Crippen LogP contribution in [0, 0.1) is 12.8 Å². The van der Waals surface area contributed by atoms with Gasteiger partial charge < -0.3 is 15.4 Å². The highest BCUT2D eigenvalue weighted by molar-refractivity contribution is 5.94. The number of para-hydroxylation sites is 1. The highest BCUT2D eigenvalue weighted by Gasteiger charge is 2.07. The number of anilines is 2. The van der Waals surface area contributed by atoms with Gasteiger partial charge in [0.2, 0.25) is 5.91 Å². The lowest BCUT2D eigenvalue weighted by atomic mass is 10.1. The Morgan fingerprint density at radius 1 is 1.12 bits per heavy atom. The van der Waals surface area contributed by atoms with Crippen molar-refractivity contribution in [2.24, 2.45) is 5.92 Å². The van der Waals surface area contributed by atoms with Crippen LogP contribution in [-0.2, 0) is 11.2 Å². The Labute approximate surface area is 157 Å². The zero-order valence-electron chi connectivity index (χ0n) is 16.3. The molecule has 0 saturated heterocycles. The average Bonchev–Trinajstić information content (AvgIpc) is 2.61. The van der Waals surface area contributed by atoms with E-state index in [2.05, 4.69) is 50.5 Å². The average molecular weight is 354 g/mol. The fourth-order valence-electron chi connectivity index (χ4n) is 2.70. The molecule has 0 atom stereocenters. The summed E-state index contributed by atoms with van der Waals surface area (Å²) in [5.41, 5.74) is 4.20. The van der Waals surface area contributed by atoms with Gasteiger partial charge in [0.15, 0.2) is 0 Å². The first kappa shape index (κ1) is 19.8. The number of rotatable bonds is 9. The summed E-state index contributed by atoms with van der Waals surface area (Å²) in [7, 11) is 0. The largest absolute Gasteiger partial charge is 0.494 e. The molecule has 2 aromatic carbocycles. The van der Waals surface area contributed by atoms with E-state index in [0.717, 1.165) is 35.5 Å². The van der Waals surface area contributed by atoms with Gasteiger partial charge in [0.25, 0.3) is 0 Å². The highest BCUT2D eigenvalue weighted by atomic mass is 16.5. The molecule has 2 rings (SSSR count). The lowest BCUT2D eigenvalue weighted by Crippen LogP contribution is -2.22. The van der Waals surface area contributed by atoms with Crippen molar-refractivity contribution in [1.82, 2.24) is 0 Å². The molecule has 0 spiro atoms. The summed E-state index contributed by atoms with van der Waals surface area (Å²) in [6, 6.07) is 13.7. The number of carbonyl (C=O) groups is 1. The molecule has 0 radical (unpaired) electrons. The Kier molecular flexibility index (Phi) is 7.52. The summed E-state index contributed by atoms with van der Waals surface area (Å²) < 4.78 is 5.70. The Bertz CT molecular complexity index is 709. The van der Waals surface area contributed by atoms with Gasteiger partial charge in [0.1, 0.15) is 5.75 Å². The molecule has 0 unspecified atom stereocenters. The van der Waals surface area contributed by atoms with Crippen LogP contribution in [0.3, 0.4) is 0 Å². The van der Waals surface area contributed by atoms with Gasteiger partial charge in [-0.15, -0.1) is 0 Å². The second-order valence-corrected chi connectivity index (χ2v) is 6.92. The second kappa shape index (κ2) is 9.85. The van der Waals surface area contributed by atoms with Gasteiger partial charge in [-0.05, 0) is 61.1 Å². The molecule has 1 amide bonds. The molecule has 2 aromatic rings. The SMILES string of the molecule is CCc1cccc(C)c1NCC(=O)Nc1ccc(OCCC(C)C)cc1. The zero-order chi connectivity index (χ0) is 18.9. The van der Waals surface area contributed by atoms with Crippen LogP contribution in [0.2, 0.25) is 0 Å². The summed E-state index contributed by atoms with van der Waals surface area (Å²) in [6.07, 6.45) is 1.96. The molecule has 0 heterocycles. The van der Waals surface area contributed by atoms with Crippen molar-refractivity contribution in [3.05, 3.63) is 53.6 Å². The van der Waals surface area contributed by atoms with E-state index >= 15 is 0 Å². The van der Waals surface area contributed by atoms with Gasteiger partial charge in [-0.3, -0.25) is 4.79 Å². The van der Waals surface area contributed by atoms with Crippen LogP contribution in [0.4, 0.5) is 11.4 Å². The molecule has 0 aromatic heterocycles. The molecular formula is C22H30N2O2. The quantitative estimate of drug-likeness (QED) is 0.664. The molecule has 26 heavy (non-hydrogen) atoms. The van der Waals surface area contributed by atoms with Crippen molar-refractivity contribution in [3.63, 3.8) is 0 Å². The van der Waals surface area contributed by atoms with Gasteiger partial charge in [0, 0.05) is 11.4 Å². The van der Waals surface area contributed by atoms with E-state index in [0.29, 0.717) is 12.5 Å². The molecule has 0 aliphatic carbocycles. The fraction of sp³-hybridized carbons (Fsp3) is 0.409. The van der Waals surface area contributed by atoms with E-state index in [9.17, 15) is 4.79 Å². The van der Waals surface area contributed by atoms with Crippen LogP contribution in [-0.4, -0.2) is 19.1 Å². The lowest BCUT2D eigenvalue weighted by Gasteiger charge is -2.14. The van der Waals surface area contributed by atoms with Crippen LogP contribution in [0.15, 0.2) is 42.5 Å². The Morgan fingerprint density at radius 2 is 1.85 bits per heavy atom. The molecule has 4 nitrogen and oxygen atoms in total. The smallest absolute Gasteiger partial charge is 0.243 e. The monoisotopic (exact) mass is 354 g/mol. The maximum atomic E-state index is 12.2. The standard InChI is InChI=1S/C22H30N2O2/c1-5-18-8-6-7-17(4)22(18)23-15-21(25)24-19-9-11-20(12-10-19)26-14-13-16(2)3/h6-12,16,23H,5,13-15H2,1-4H3,(H,24,25). The molecule has 0 fully saturated rings. The topological polar surface area (TPSA) is 50.4 Å². The molecule has 0 saturated carbocycles. The number of hydrogen-bond donors (Lipinski definition) is 2. The summed E-state index contributed by atoms with van der Waals surface area (Å²) >= 11 is 0. The van der Waals surface area contributed by atoms with Gasteiger partial charge in [-0.25, -0.2) is 0 Å². The van der Waals surface area contributed by atoms with Crippen molar-refractivity contribution in [2.45, 2.75) is 40.5 Å². The Hall–Kier alpha value is -2.49. The van der Waals surface area contributed by atoms with Gasteiger partial charge in [-0.1, -0.05) is 39.0 Å². The molecule has 0 aliphatic heterocycles. The van der Waals surface area contributed by atoms with Crippen molar-refractivity contribution < 1.29 is 9.53 Å². The minimum atomic E-state index is -0.0659. The molecule has 140 valence electrons. The maximum Gasteiger partial charge on any atom is 0.243 e. The summed E-state index contributed by atoms with van der Waals surface area (Å²) in [4.78, 5) is 12.2. The number of aryl methyl sites for hydroxylation is 2. The predicted molar refractivity (Wildman–Crippen MR) is 109 cm³/mol. The fourth-order valence-corrected chi connectivity index (χ4v) is 2.70. The molecule has 0 aliphatic rings. The molecule has 2 N–H and O–H groups in total. The number of ether oxygens (including phenoxy) is 1. The molecule has 4 heteroatoms. The van der Waals surface area contributed by atoms with Crippen molar-refractivity contribution in [3.8, 4) is 5.75 Å². The van der Waals surface area contributed by atoms with Crippen LogP contribution in [0.5, 0.6) is 5.75 Å². The van der Waals surface area contributed by atoms with E-state index in [1.54, 1.807) is 0 Å². The number of carbonyl (C=O) groups excluding carboxylic acids is 1. The number of benzene rings is 2. The molecular weight excluding hydrogens is 324 g/mol. The summed E-state index contributed by atoms with van der Waals surface area (Å²) in [5, 5.41) is 6.18. The Morgan fingerprint density at radius 3 is 2.50 bits per heavy atom. The Balaban J connectivity index is 1.84. The maximum absolute atomic E-state index is 12.2. The van der Waals surface area contributed by atoms with Crippen molar-refractivity contribution in [2.75, 3.05) is 23.8 Å². The minimum Gasteiger partial charge on any atom is -0.494 e.